The van der Waals surface area contributed by atoms with Gasteiger partial charge in [-0.15, -0.1) is 0 Å². The summed E-state index contributed by atoms with van der Waals surface area (Å²) < 4.78 is 0. The molecule has 3 heteroatoms. The summed E-state index contributed by atoms with van der Waals surface area (Å²) in [5.74, 6) is 0. The number of nitrogens with one attached hydrogen (secondary N) is 1. The molecule has 18 heavy (non-hydrogen) atoms. The third-order valence-corrected chi connectivity index (χ3v) is 2.96. The van der Waals surface area contributed by atoms with Gasteiger partial charge < -0.3 is 10.2 Å². The lowest BCUT2D eigenvalue weighted by atomic mass is 10.1. The maximum absolute atomic E-state index is 4.51. The number of likely N-dealkylation sites (N-methyl/N-ethyl adjacent to an activating group) is 1. The third-order valence-electron chi connectivity index (χ3n) is 2.96. The van der Waals surface area contributed by atoms with Gasteiger partial charge in [0.25, 0.3) is 0 Å². The molecule has 0 spiro atoms. The lowest BCUT2D eigenvalue weighted by Crippen LogP contribution is -2.26. The monoisotopic (exact) mass is 243 g/mol. The summed E-state index contributed by atoms with van der Waals surface area (Å²) >= 11 is 0. The quantitative estimate of drug-likeness (QED) is 0.816. The van der Waals surface area contributed by atoms with Gasteiger partial charge in [-0.1, -0.05) is 12.1 Å². The van der Waals surface area contributed by atoms with Gasteiger partial charge >= 0.3 is 0 Å². The predicted molar refractivity (Wildman–Crippen MR) is 76.7 cm³/mol. The first-order valence-corrected chi connectivity index (χ1v) is 6.37. The molecule has 1 heterocycles. The van der Waals surface area contributed by atoms with Gasteiger partial charge in [0.1, 0.15) is 0 Å². The van der Waals surface area contributed by atoms with Crippen molar-refractivity contribution in [2.75, 3.05) is 27.2 Å². The SMILES string of the molecule is Cc1ccc2cc(CNCCN(C)C)ccc2n1. The second-order valence-corrected chi connectivity index (χ2v) is 4.96. The van der Waals surface area contributed by atoms with Gasteiger partial charge in [0.15, 0.2) is 0 Å². The molecule has 0 aliphatic carbocycles. The van der Waals surface area contributed by atoms with E-state index in [1.165, 1.54) is 10.9 Å². The van der Waals surface area contributed by atoms with Gasteiger partial charge in [0.05, 0.1) is 5.52 Å². The van der Waals surface area contributed by atoms with E-state index in [1.807, 2.05) is 6.92 Å². The smallest absolute Gasteiger partial charge is 0.0705 e. The minimum atomic E-state index is 0.914. The van der Waals surface area contributed by atoms with Crippen LogP contribution >= 0.6 is 0 Å². The Hall–Kier alpha value is -1.45. The number of hydrogen-bond acceptors (Lipinski definition) is 3. The fourth-order valence-corrected chi connectivity index (χ4v) is 1.92. The molecule has 0 atom stereocenters. The Labute approximate surface area is 109 Å². The Morgan fingerprint density at radius 3 is 2.78 bits per heavy atom. The van der Waals surface area contributed by atoms with Crippen molar-refractivity contribution >= 4 is 10.9 Å². The third kappa shape index (κ3) is 3.52. The zero-order valence-electron chi connectivity index (χ0n) is 11.4. The maximum Gasteiger partial charge on any atom is 0.0705 e. The van der Waals surface area contributed by atoms with Gasteiger partial charge in [0, 0.05) is 30.7 Å². The molecule has 0 aliphatic rings. The van der Waals surface area contributed by atoms with Crippen LogP contribution in [0.2, 0.25) is 0 Å². The Balaban J connectivity index is 1.99. The highest BCUT2D eigenvalue weighted by molar-refractivity contribution is 5.79. The topological polar surface area (TPSA) is 28.2 Å². The highest BCUT2D eigenvalue weighted by Gasteiger charge is 1.98. The second-order valence-electron chi connectivity index (χ2n) is 4.96. The van der Waals surface area contributed by atoms with Crippen LogP contribution in [0.15, 0.2) is 30.3 Å². The first-order chi connectivity index (χ1) is 8.65. The molecule has 0 radical (unpaired) electrons. The van der Waals surface area contributed by atoms with E-state index in [4.69, 9.17) is 0 Å². The molecule has 0 aliphatic heterocycles. The first-order valence-electron chi connectivity index (χ1n) is 6.37. The summed E-state index contributed by atoms with van der Waals surface area (Å²) in [6, 6.07) is 10.7. The average Bonchev–Trinajstić information content (AvgIpc) is 2.34. The molecule has 0 amide bonds. The average molecular weight is 243 g/mol. The number of benzene rings is 1. The summed E-state index contributed by atoms with van der Waals surface area (Å²) in [7, 11) is 4.18. The molecule has 0 bridgehead atoms. The predicted octanol–water partition coefficient (Wildman–Crippen LogP) is 2.19. The van der Waals surface area contributed by atoms with Crippen molar-refractivity contribution in [3.05, 3.63) is 41.6 Å². The van der Waals surface area contributed by atoms with E-state index in [-0.39, 0.29) is 0 Å². The Morgan fingerprint density at radius 2 is 2.00 bits per heavy atom. The first kappa shape index (κ1) is 13.0. The van der Waals surface area contributed by atoms with E-state index in [0.717, 1.165) is 30.8 Å². The van der Waals surface area contributed by atoms with E-state index < -0.39 is 0 Å². The van der Waals surface area contributed by atoms with Crippen LogP contribution in [0, 0.1) is 6.92 Å². The molecule has 0 unspecified atom stereocenters. The molecule has 0 fully saturated rings. The summed E-state index contributed by atoms with van der Waals surface area (Å²) in [6.07, 6.45) is 0. The van der Waals surface area contributed by atoms with Gasteiger partial charge in [-0.05, 0) is 44.8 Å². The van der Waals surface area contributed by atoms with Crippen molar-refractivity contribution in [1.29, 1.82) is 0 Å². The minimum absolute atomic E-state index is 0.914. The number of aryl methyl sites for hydroxylation is 1. The second kappa shape index (κ2) is 5.94. The van der Waals surface area contributed by atoms with Crippen LogP contribution in [-0.2, 0) is 6.54 Å². The van der Waals surface area contributed by atoms with E-state index >= 15 is 0 Å². The minimum Gasteiger partial charge on any atom is -0.311 e. The summed E-state index contributed by atoms with van der Waals surface area (Å²) in [6.45, 7) is 5.01. The maximum atomic E-state index is 4.51. The normalized spacial score (nSPS) is 11.3. The van der Waals surface area contributed by atoms with Gasteiger partial charge in [-0.2, -0.15) is 0 Å². The van der Waals surface area contributed by atoms with E-state index in [0.29, 0.717) is 0 Å². The Morgan fingerprint density at radius 1 is 1.17 bits per heavy atom. The van der Waals surface area contributed by atoms with Gasteiger partial charge in [-0.3, -0.25) is 4.98 Å². The highest BCUT2D eigenvalue weighted by Crippen LogP contribution is 2.14. The van der Waals surface area contributed by atoms with E-state index in [2.05, 4.69) is 59.6 Å². The van der Waals surface area contributed by atoms with Crippen molar-refractivity contribution in [3.8, 4) is 0 Å². The van der Waals surface area contributed by atoms with Crippen molar-refractivity contribution in [3.63, 3.8) is 0 Å². The number of fused-ring (bicyclic) bond motifs is 1. The molecular formula is C15H21N3. The van der Waals surface area contributed by atoms with Crippen LogP contribution < -0.4 is 5.32 Å². The number of hydrogen-bond donors (Lipinski definition) is 1. The van der Waals surface area contributed by atoms with Crippen LogP contribution in [-0.4, -0.2) is 37.1 Å². The van der Waals surface area contributed by atoms with E-state index in [1.54, 1.807) is 0 Å². The van der Waals surface area contributed by atoms with Gasteiger partial charge in [0.2, 0.25) is 0 Å². The lowest BCUT2D eigenvalue weighted by molar-refractivity contribution is 0.400. The lowest BCUT2D eigenvalue weighted by Gasteiger charge is -2.10. The van der Waals surface area contributed by atoms with Gasteiger partial charge in [-0.25, -0.2) is 0 Å². The number of nitrogens with zero attached hydrogens (tertiary/aromatic N) is 2. The highest BCUT2D eigenvalue weighted by atomic mass is 15.1. The molecule has 1 aromatic carbocycles. The van der Waals surface area contributed by atoms with Crippen molar-refractivity contribution in [2.45, 2.75) is 13.5 Å². The zero-order valence-corrected chi connectivity index (χ0v) is 11.4. The molecule has 96 valence electrons. The number of pyridine rings is 1. The number of rotatable bonds is 5. The molecule has 1 N–H and O–H groups in total. The Bertz CT molecular complexity index is 520. The van der Waals surface area contributed by atoms with Crippen molar-refractivity contribution < 1.29 is 0 Å². The fraction of sp³-hybridized carbons (Fsp3) is 0.400. The molecule has 2 aromatic rings. The largest absolute Gasteiger partial charge is 0.311 e. The molecule has 0 saturated carbocycles. The van der Waals surface area contributed by atoms with Crippen LogP contribution in [0.3, 0.4) is 0 Å². The summed E-state index contributed by atoms with van der Waals surface area (Å²) in [5.41, 5.74) is 3.46. The molecule has 0 saturated heterocycles. The van der Waals surface area contributed by atoms with Crippen LogP contribution in [0.25, 0.3) is 10.9 Å². The molecule has 3 nitrogen and oxygen atoms in total. The molecule has 1 aromatic heterocycles. The zero-order chi connectivity index (χ0) is 13.0. The van der Waals surface area contributed by atoms with Crippen LogP contribution in [0.4, 0.5) is 0 Å². The van der Waals surface area contributed by atoms with Crippen LogP contribution in [0.1, 0.15) is 11.3 Å². The summed E-state index contributed by atoms with van der Waals surface area (Å²) in [4.78, 5) is 6.69. The van der Waals surface area contributed by atoms with Crippen LogP contribution in [0.5, 0.6) is 0 Å². The number of aromatic nitrogens is 1. The van der Waals surface area contributed by atoms with Crippen molar-refractivity contribution in [1.82, 2.24) is 15.2 Å². The fourth-order valence-electron chi connectivity index (χ4n) is 1.92. The molecular weight excluding hydrogens is 222 g/mol. The van der Waals surface area contributed by atoms with Crippen molar-refractivity contribution in [2.24, 2.45) is 0 Å². The summed E-state index contributed by atoms with van der Waals surface area (Å²) in [5, 5.41) is 4.66. The Kier molecular flexibility index (Phi) is 4.28. The molecule has 2 rings (SSSR count). The standard InChI is InChI=1S/C15H21N3/c1-12-4-6-14-10-13(5-7-15(14)17-12)11-16-8-9-18(2)3/h4-7,10,16H,8-9,11H2,1-3H3. The van der Waals surface area contributed by atoms with E-state index in [9.17, 15) is 0 Å².